The third-order valence-corrected chi connectivity index (χ3v) is 2.62. The van der Waals surface area contributed by atoms with E-state index in [1.54, 1.807) is 12.1 Å². The number of fused-ring (bicyclic) bond motifs is 1. The minimum absolute atomic E-state index is 0.0288. The molecule has 1 aliphatic rings. The first-order valence-electron chi connectivity index (χ1n) is 4.79. The Labute approximate surface area is 101 Å². The zero-order chi connectivity index (χ0) is 13.4. The van der Waals surface area contributed by atoms with Crippen LogP contribution in [0.25, 0.3) is 5.57 Å². The third-order valence-electron chi connectivity index (χ3n) is 2.62. The maximum atomic E-state index is 13.2. The summed E-state index contributed by atoms with van der Waals surface area (Å²) in [6, 6.07) is 4.76. The van der Waals surface area contributed by atoms with Gasteiger partial charge < -0.3 is 0 Å². The molecule has 3 nitrogen and oxygen atoms in total. The molecule has 18 heavy (non-hydrogen) atoms. The Kier molecular flexibility index (Phi) is 2.53. The van der Waals surface area contributed by atoms with Crippen LogP contribution in [-0.4, -0.2) is 5.78 Å². The Bertz CT molecular complexity index is 702. The van der Waals surface area contributed by atoms with Crippen molar-refractivity contribution in [1.82, 2.24) is 0 Å². The summed E-state index contributed by atoms with van der Waals surface area (Å²) in [7, 11) is 0. The monoisotopic (exact) mass is 242 g/mol. The molecule has 0 unspecified atom stereocenters. The first-order chi connectivity index (χ1) is 8.51. The number of carbonyl (C=O) groups excluding carboxylic acids is 1. The van der Waals surface area contributed by atoms with E-state index >= 15 is 0 Å². The zero-order valence-corrected chi connectivity index (χ0v) is 8.92. The maximum absolute atomic E-state index is 13.2. The summed E-state index contributed by atoms with van der Waals surface area (Å²) in [6.07, 6.45) is 0. The molecular formula is C13H4F2N2O. The van der Waals surface area contributed by atoms with Gasteiger partial charge in [-0.15, -0.1) is 0 Å². The van der Waals surface area contributed by atoms with Gasteiger partial charge in [0.2, 0.25) is 0 Å². The van der Waals surface area contributed by atoms with Crippen LogP contribution in [0.15, 0.2) is 29.9 Å². The highest BCUT2D eigenvalue weighted by atomic mass is 19.2. The number of hydrogen-bond acceptors (Lipinski definition) is 3. The second kappa shape index (κ2) is 3.90. The van der Waals surface area contributed by atoms with Gasteiger partial charge in [0.1, 0.15) is 17.7 Å². The maximum Gasteiger partial charge on any atom is 0.193 e. The van der Waals surface area contributed by atoms with Crippen LogP contribution in [0.5, 0.6) is 0 Å². The quantitative estimate of drug-likeness (QED) is 0.518. The van der Waals surface area contributed by atoms with Gasteiger partial charge in [0.05, 0.1) is 0 Å². The van der Waals surface area contributed by atoms with Crippen LogP contribution in [-0.2, 0) is 0 Å². The highest BCUT2D eigenvalue weighted by Crippen LogP contribution is 2.38. The SMILES string of the molecule is C=C1C(=O)c2cc(F)c(F)cc2C1=C(C#N)C#N. The normalized spacial score (nSPS) is 13.0. The number of Topliss-reactive ketones (excluding diaryl/α,β-unsaturated/α-hetero) is 1. The van der Waals surface area contributed by atoms with Gasteiger partial charge in [0, 0.05) is 16.7 Å². The van der Waals surface area contributed by atoms with E-state index in [-0.39, 0.29) is 27.8 Å². The van der Waals surface area contributed by atoms with E-state index in [1.807, 2.05) is 0 Å². The summed E-state index contributed by atoms with van der Waals surface area (Å²) >= 11 is 0. The molecule has 0 radical (unpaired) electrons. The second-order valence-corrected chi connectivity index (χ2v) is 3.59. The summed E-state index contributed by atoms with van der Waals surface area (Å²) in [5.41, 5.74) is -0.538. The van der Waals surface area contributed by atoms with E-state index in [0.717, 1.165) is 12.1 Å². The molecule has 1 aliphatic carbocycles. The number of nitriles is 2. The third kappa shape index (κ3) is 1.42. The van der Waals surface area contributed by atoms with Crippen molar-refractivity contribution in [2.75, 3.05) is 0 Å². The number of allylic oxidation sites excluding steroid dienone is 3. The number of rotatable bonds is 0. The predicted octanol–water partition coefficient (Wildman–Crippen LogP) is 2.52. The Balaban J connectivity index is 2.88. The van der Waals surface area contributed by atoms with E-state index in [0.29, 0.717) is 0 Å². The fourth-order valence-corrected chi connectivity index (χ4v) is 1.80. The van der Waals surface area contributed by atoms with Gasteiger partial charge in [-0.25, -0.2) is 8.78 Å². The first-order valence-corrected chi connectivity index (χ1v) is 4.79. The minimum Gasteiger partial charge on any atom is -0.289 e. The smallest absolute Gasteiger partial charge is 0.193 e. The number of hydrogen-bond donors (Lipinski definition) is 0. The van der Waals surface area contributed by atoms with Gasteiger partial charge in [0.25, 0.3) is 0 Å². The molecule has 86 valence electrons. The van der Waals surface area contributed by atoms with Crippen molar-refractivity contribution in [2.45, 2.75) is 0 Å². The number of ketones is 1. The lowest BCUT2D eigenvalue weighted by Crippen LogP contribution is -1.95. The number of benzene rings is 1. The van der Waals surface area contributed by atoms with E-state index in [2.05, 4.69) is 6.58 Å². The molecule has 0 bridgehead atoms. The summed E-state index contributed by atoms with van der Waals surface area (Å²) in [4.78, 5) is 11.8. The van der Waals surface area contributed by atoms with Crippen LogP contribution in [0.1, 0.15) is 15.9 Å². The molecule has 0 heterocycles. The molecule has 5 heteroatoms. The van der Waals surface area contributed by atoms with Crippen molar-refractivity contribution in [2.24, 2.45) is 0 Å². The van der Waals surface area contributed by atoms with Gasteiger partial charge in [-0.3, -0.25) is 4.79 Å². The molecule has 0 saturated heterocycles. The van der Waals surface area contributed by atoms with Crippen LogP contribution < -0.4 is 0 Å². The van der Waals surface area contributed by atoms with E-state index in [9.17, 15) is 13.6 Å². The van der Waals surface area contributed by atoms with Gasteiger partial charge in [-0.05, 0) is 17.7 Å². The zero-order valence-electron chi connectivity index (χ0n) is 8.92. The van der Waals surface area contributed by atoms with Crippen LogP contribution in [0.3, 0.4) is 0 Å². The summed E-state index contributed by atoms with van der Waals surface area (Å²) < 4.78 is 26.2. The molecular weight excluding hydrogens is 238 g/mol. The Morgan fingerprint density at radius 2 is 1.61 bits per heavy atom. The topological polar surface area (TPSA) is 64.7 Å². The minimum atomic E-state index is -1.16. The number of nitrogens with zero attached hydrogens (tertiary/aromatic N) is 2. The molecule has 0 amide bonds. The Morgan fingerprint density at radius 1 is 1.11 bits per heavy atom. The molecule has 0 fully saturated rings. The highest BCUT2D eigenvalue weighted by Gasteiger charge is 2.32. The van der Waals surface area contributed by atoms with Crippen molar-refractivity contribution in [3.05, 3.63) is 52.6 Å². The second-order valence-electron chi connectivity index (χ2n) is 3.59. The summed E-state index contributed by atoms with van der Waals surface area (Å²) in [5, 5.41) is 17.6. The van der Waals surface area contributed by atoms with Crippen LogP contribution in [0, 0.1) is 34.3 Å². The lowest BCUT2D eigenvalue weighted by Gasteiger charge is -2.01. The Morgan fingerprint density at radius 3 is 2.11 bits per heavy atom. The summed E-state index contributed by atoms with van der Waals surface area (Å²) in [6.45, 7) is 3.45. The first kappa shape index (κ1) is 11.7. The van der Waals surface area contributed by atoms with E-state index in [1.165, 1.54) is 0 Å². The fraction of sp³-hybridized carbons (Fsp3) is 0. The predicted molar refractivity (Wildman–Crippen MR) is 58.0 cm³/mol. The molecule has 0 saturated carbocycles. The van der Waals surface area contributed by atoms with Crippen molar-refractivity contribution in [3.8, 4) is 12.1 Å². The molecule has 1 aromatic carbocycles. The van der Waals surface area contributed by atoms with Crippen LogP contribution >= 0.6 is 0 Å². The summed E-state index contributed by atoms with van der Waals surface area (Å²) in [5.74, 6) is -2.92. The standard InChI is InChI=1S/C13H4F2N2O/c1-6-12(7(4-16)5-17)8-2-10(14)11(15)3-9(8)13(6)18/h2-3H,1H2. The molecule has 1 aromatic rings. The molecule has 0 aromatic heterocycles. The van der Waals surface area contributed by atoms with Crippen LogP contribution in [0.4, 0.5) is 8.78 Å². The molecule has 0 N–H and O–H groups in total. The van der Waals surface area contributed by atoms with Gasteiger partial charge in [-0.2, -0.15) is 10.5 Å². The van der Waals surface area contributed by atoms with Crippen molar-refractivity contribution >= 4 is 11.4 Å². The van der Waals surface area contributed by atoms with Gasteiger partial charge in [0.15, 0.2) is 17.4 Å². The molecule has 0 spiro atoms. The van der Waals surface area contributed by atoms with Gasteiger partial charge in [-0.1, -0.05) is 6.58 Å². The number of carbonyl (C=O) groups is 1. The van der Waals surface area contributed by atoms with Crippen molar-refractivity contribution in [1.29, 1.82) is 10.5 Å². The van der Waals surface area contributed by atoms with Crippen molar-refractivity contribution < 1.29 is 13.6 Å². The molecule has 2 rings (SSSR count). The van der Waals surface area contributed by atoms with E-state index in [4.69, 9.17) is 10.5 Å². The van der Waals surface area contributed by atoms with E-state index < -0.39 is 17.4 Å². The van der Waals surface area contributed by atoms with Crippen LogP contribution in [0.2, 0.25) is 0 Å². The Hall–Kier alpha value is -2.79. The highest BCUT2D eigenvalue weighted by molar-refractivity contribution is 6.27. The average Bonchev–Trinajstić information content (AvgIpc) is 2.57. The van der Waals surface area contributed by atoms with Gasteiger partial charge >= 0.3 is 0 Å². The number of halogens is 2. The largest absolute Gasteiger partial charge is 0.289 e. The average molecular weight is 242 g/mol. The fourth-order valence-electron chi connectivity index (χ4n) is 1.80. The molecule has 0 aliphatic heterocycles. The molecule has 0 atom stereocenters. The lowest BCUT2D eigenvalue weighted by atomic mass is 10.0. The lowest BCUT2D eigenvalue weighted by molar-refractivity contribution is 0.104. The van der Waals surface area contributed by atoms with Crippen molar-refractivity contribution in [3.63, 3.8) is 0 Å².